The number of ether oxygens (including phenoxy) is 5. The van der Waals surface area contributed by atoms with Gasteiger partial charge in [0, 0.05) is 25.7 Å². The number of hydrogen-bond acceptors (Lipinski definition) is 8. The Morgan fingerprint density at radius 1 is 1.23 bits per heavy atom. The van der Waals surface area contributed by atoms with Gasteiger partial charge in [-0.3, -0.25) is 0 Å². The molecule has 1 aliphatic heterocycles. The Morgan fingerprint density at radius 3 is 2.64 bits per heavy atom. The van der Waals surface area contributed by atoms with E-state index in [1.807, 2.05) is 0 Å². The van der Waals surface area contributed by atoms with E-state index in [2.05, 4.69) is 4.74 Å². The molecule has 0 aromatic heterocycles. The fraction of sp³-hybridized carbons (Fsp3) is 0.714. The van der Waals surface area contributed by atoms with Gasteiger partial charge in [0.2, 0.25) is 6.29 Å². The van der Waals surface area contributed by atoms with Crippen molar-refractivity contribution in [2.75, 3.05) is 27.6 Å². The Bertz CT molecular complexity index is 381. The molecule has 0 aliphatic carbocycles. The standard InChI is InChI=1S/C14H22O8/c1-18-9-21-11-7-10(15)5-6-20-14(8-11)22-13(17)4-3-12(16)19-2/h3-4,10-11,14-15H,5-9H2,1-2H3/b4-3+/t10-,11?,14-/m0/s1. The summed E-state index contributed by atoms with van der Waals surface area (Å²) in [6, 6.07) is 0. The minimum Gasteiger partial charge on any atom is -0.466 e. The summed E-state index contributed by atoms with van der Waals surface area (Å²) < 4.78 is 25.1. The Balaban J connectivity index is 2.53. The molecule has 0 aromatic rings. The van der Waals surface area contributed by atoms with Crippen LogP contribution in [0.2, 0.25) is 0 Å². The number of rotatable bonds is 6. The van der Waals surface area contributed by atoms with Crippen LogP contribution in [0.1, 0.15) is 19.3 Å². The van der Waals surface area contributed by atoms with Crippen LogP contribution < -0.4 is 0 Å². The lowest BCUT2D eigenvalue weighted by atomic mass is 10.0. The first-order chi connectivity index (χ1) is 10.5. The highest BCUT2D eigenvalue weighted by molar-refractivity contribution is 5.91. The van der Waals surface area contributed by atoms with Crippen molar-refractivity contribution < 1.29 is 38.4 Å². The number of aliphatic hydroxyl groups excluding tert-OH is 1. The molecule has 1 fully saturated rings. The summed E-state index contributed by atoms with van der Waals surface area (Å²) in [5.41, 5.74) is 0. The maximum atomic E-state index is 11.6. The lowest BCUT2D eigenvalue weighted by molar-refractivity contribution is -0.194. The van der Waals surface area contributed by atoms with Gasteiger partial charge in [0.1, 0.15) is 6.79 Å². The number of carbonyl (C=O) groups excluding carboxylic acids is 2. The number of aliphatic hydroxyl groups is 1. The summed E-state index contributed by atoms with van der Waals surface area (Å²) in [5.74, 6) is -1.37. The Morgan fingerprint density at radius 2 is 1.95 bits per heavy atom. The number of hydrogen-bond donors (Lipinski definition) is 1. The van der Waals surface area contributed by atoms with E-state index in [9.17, 15) is 14.7 Å². The fourth-order valence-corrected chi connectivity index (χ4v) is 1.89. The third-order valence-corrected chi connectivity index (χ3v) is 2.97. The van der Waals surface area contributed by atoms with Crippen molar-refractivity contribution in [3.05, 3.63) is 12.2 Å². The zero-order chi connectivity index (χ0) is 16.4. The highest BCUT2D eigenvalue weighted by Gasteiger charge is 2.26. The lowest BCUT2D eigenvalue weighted by Crippen LogP contribution is -2.34. The van der Waals surface area contributed by atoms with Crippen molar-refractivity contribution in [2.45, 2.75) is 37.8 Å². The van der Waals surface area contributed by atoms with Crippen LogP contribution >= 0.6 is 0 Å². The van der Waals surface area contributed by atoms with E-state index in [0.717, 1.165) is 12.2 Å². The molecule has 1 N–H and O–H groups in total. The molecule has 3 atom stereocenters. The molecule has 0 saturated carbocycles. The van der Waals surface area contributed by atoms with Crippen LogP contribution in [0, 0.1) is 0 Å². The largest absolute Gasteiger partial charge is 0.466 e. The zero-order valence-electron chi connectivity index (χ0n) is 12.7. The van der Waals surface area contributed by atoms with Crippen molar-refractivity contribution in [1.29, 1.82) is 0 Å². The molecular weight excluding hydrogens is 296 g/mol. The summed E-state index contributed by atoms with van der Waals surface area (Å²) in [5, 5.41) is 9.75. The van der Waals surface area contributed by atoms with Gasteiger partial charge in [0.15, 0.2) is 0 Å². The topological polar surface area (TPSA) is 101 Å². The maximum Gasteiger partial charge on any atom is 0.333 e. The predicted molar refractivity (Wildman–Crippen MR) is 73.6 cm³/mol. The van der Waals surface area contributed by atoms with Crippen molar-refractivity contribution in [1.82, 2.24) is 0 Å². The van der Waals surface area contributed by atoms with E-state index in [1.165, 1.54) is 14.2 Å². The molecule has 8 heteroatoms. The molecule has 1 saturated heterocycles. The monoisotopic (exact) mass is 318 g/mol. The Hall–Kier alpha value is -1.48. The summed E-state index contributed by atoms with van der Waals surface area (Å²) in [7, 11) is 2.70. The summed E-state index contributed by atoms with van der Waals surface area (Å²) in [4.78, 5) is 22.5. The average molecular weight is 318 g/mol. The Labute approximate surface area is 128 Å². The van der Waals surface area contributed by atoms with Gasteiger partial charge < -0.3 is 28.8 Å². The fourth-order valence-electron chi connectivity index (χ4n) is 1.89. The molecule has 0 aromatic carbocycles. The first-order valence-electron chi connectivity index (χ1n) is 6.92. The zero-order valence-corrected chi connectivity index (χ0v) is 12.7. The third-order valence-electron chi connectivity index (χ3n) is 2.97. The van der Waals surface area contributed by atoms with Crippen LogP contribution in [0.5, 0.6) is 0 Å². The van der Waals surface area contributed by atoms with E-state index in [1.54, 1.807) is 0 Å². The predicted octanol–water partition coefficient (Wildman–Crippen LogP) is 0.135. The minimum atomic E-state index is -0.816. The highest BCUT2D eigenvalue weighted by atomic mass is 16.7. The summed E-state index contributed by atoms with van der Waals surface area (Å²) in [6.45, 7) is 0.330. The van der Waals surface area contributed by atoms with E-state index in [-0.39, 0.29) is 25.9 Å². The molecule has 1 heterocycles. The van der Waals surface area contributed by atoms with Gasteiger partial charge >= 0.3 is 11.9 Å². The second-order valence-electron chi connectivity index (χ2n) is 4.70. The molecular formula is C14H22O8. The minimum absolute atomic E-state index is 0.0697. The van der Waals surface area contributed by atoms with Gasteiger partial charge in [-0.15, -0.1) is 0 Å². The van der Waals surface area contributed by atoms with Gasteiger partial charge in [-0.1, -0.05) is 0 Å². The molecule has 0 amide bonds. The number of esters is 2. The molecule has 1 rings (SSSR count). The summed E-state index contributed by atoms with van der Waals surface area (Å²) >= 11 is 0. The number of methoxy groups -OCH3 is 2. The van der Waals surface area contributed by atoms with Crippen LogP contribution in [-0.2, 0) is 33.3 Å². The highest BCUT2D eigenvalue weighted by Crippen LogP contribution is 2.19. The van der Waals surface area contributed by atoms with E-state index < -0.39 is 24.3 Å². The summed E-state index contributed by atoms with van der Waals surface area (Å²) in [6.07, 6.45) is 1.29. The van der Waals surface area contributed by atoms with Gasteiger partial charge in [-0.2, -0.15) is 0 Å². The van der Waals surface area contributed by atoms with Gasteiger partial charge in [-0.25, -0.2) is 9.59 Å². The Kier molecular flexibility index (Phi) is 8.68. The average Bonchev–Trinajstić information content (AvgIpc) is 2.48. The van der Waals surface area contributed by atoms with Crippen LogP contribution in [-0.4, -0.2) is 63.2 Å². The maximum absolute atomic E-state index is 11.6. The first-order valence-corrected chi connectivity index (χ1v) is 6.92. The lowest BCUT2D eigenvalue weighted by Gasteiger charge is -2.28. The van der Waals surface area contributed by atoms with Crippen molar-refractivity contribution in [2.24, 2.45) is 0 Å². The van der Waals surface area contributed by atoms with Crippen molar-refractivity contribution in [3.8, 4) is 0 Å². The molecule has 0 radical (unpaired) electrons. The SMILES string of the molecule is COCOC1C[C@@H](O)CCO[C@@H](OC(=O)/C=C/C(=O)OC)C1. The van der Waals surface area contributed by atoms with Gasteiger partial charge in [-0.05, 0) is 12.8 Å². The molecule has 8 nitrogen and oxygen atoms in total. The molecule has 1 aliphatic rings. The van der Waals surface area contributed by atoms with Crippen molar-refractivity contribution >= 4 is 11.9 Å². The number of carbonyl (C=O) groups is 2. The van der Waals surface area contributed by atoms with Gasteiger partial charge in [0.05, 0.1) is 25.9 Å². The van der Waals surface area contributed by atoms with Crippen LogP contribution in [0.3, 0.4) is 0 Å². The molecule has 0 bridgehead atoms. The van der Waals surface area contributed by atoms with Crippen LogP contribution in [0.25, 0.3) is 0 Å². The molecule has 0 spiro atoms. The second-order valence-corrected chi connectivity index (χ2v) is 4.70. The molecule has 126 valence electrons. The smallest absolute Gasteiger partial charge is 0.333 e. The first kappa shape index (κ1) is 18.6. The van der Waals surface area contributed by atoms with E-state index >= 15 is 0 Å². The van der Waals surface area contributed by atoms with Crippen molar-refractivity contribution in [3.63, 3.8) is 0 Å². The molecule has 22 heavy (non-hydrogen) atoms. The quantitative estimate of drug-likeness (QED) is 0.419. The van der Waals surface area contributed by atoms with Crippen LogP contribution in [0.15, 0.2) is 12.2 Å². The normalized spacial score (nSPS) is 26.2. The molecule has 1 unspecified atom stereocenters. The second kappa shape index (κ2) is 10.3. The third kappa shape index (κ3) is 7.51. The van der Waals surface area contributed by atoms with E-state index in [0.29, 0.717) is 12.8 Å². The van der Waals surface area contributed by atoms with Gasteiger partial charge in [0.25, 0.3) is 0 Å². The van der Waals surface area contributed by atoms with E-state index in [4.69, 9.17) is 18.9 Å². The van der Waals surface area contributed by atoms with Crippen LogP contribution in [0.4, 0.5) is 0 Å².